The van der Waals surface area contributed by atoms with Gasteiger partial charge in [0.2, 0.25) is 5.91 Å². The number of amides is 1. The van der Waals surface area contributed by atoms with Crippen LogP contribution in [0.25, 0.3) is 0 Å². The smallest absolute Gasteiger partial charge is 0.219 e. The number of rotatable bonds is 6. The van der Waals surface area contributed by atoms with Gasteiger partial charge in [0.05, 0.1) is 0 Å². The average molecular weight is 324 g/mol. The molecule has 1 N–H and O–H groups in total. The first-order valence-electron chi connectivity index (χ1n) is 6.49. The van der Waals surface area contributed by atoms with Gasteiger partial charge in [-0.1, -0.05) is 19.1 Å². The van der Waals surface area contributed by atoms with Crippen molar-refractivity contribution in [2.75, 3.05) is 6.54 Å². The number of sulfone groups is 1. The molecule has 0 aliphatic rings. The first-order chi connectivity index (χ1) is 10.1. The summed E-state index contributed by atoms with van der Waals surface area (Å²) in [4.78, 5) is 15.4. The van der Waals surface area contributed by atoms with Gasteiger partial charge in [-0.2, -0.15) is 0 Å². The minimum absolute atomic E-state index is 0.0403. The van der Waals surface area contributed by atoms with Crippen LogP contribution in [0.4, 0.5) is 0 Å². The molecule has 2 heterocycles. The molecule has 2 aromatic heterocycles. The van der Waals surface area contributed by atoms with Crippen LogP contribution in [0.1, 0.15) is 24.2 Å². The van der Waals surface area contributed by atoms with Crippen molar-refractivity contribution >= 4 is 27.1 Å². The number of thiophene rings is 1. The van der Waals surface area contributed by atoms with E-state index < -0.39 is 15.1 Å². The van der Waals surface area contributed by atoms with Crippen molar-refractivity contribution in [1.82, 2.24) is 10.3 Å². The van der Waals surface area contributed by atoms with Gasteiger partial charge in [0.1, 0.15) is 9.46 Å². The number of carbonyl (C=O) groups excluding carboxylic acids is 1. The number of nitrogens with one attached hydrogen (secondary N) is 1. The van der Waals surface area contributed by atoms with Gasteiger partial charge in [-0.25, -0.2) is 8.42 Å². The highest BCUT2D eigenvalue weighted by atomic mass is 32.2. The molecule has 0 saturated carbocycles. The Morgan fingerprint density at radius 1 is 1.38 bits per heavy atom. The summed E-state index contributed by atoms with van der Waals surface area (Å²) in [5, 5.41) is 3.54. The molecule has 112 valence electrons. The summed E-state index contributed by atoms with van der Waals surface area (Å²) in [6, 6.07) is 6.67. The number of aromatic nitrogens is 1. The second kappa shape index (κ2) is 6.82. The van der Waals surface area contributed by atoms with Crippen LogP contribution in [-0.2, 0) is 14.6 Å². The summed E-state index contributed by atoms with van der Waals surface area (Å²) in [5.41, 5.74) is 0.572. The molecule has 0 fully saturated rings. The maximum atomic E-state index is 12.7. The third-order valence-corrected chi connectivity index (χ3v) is 6.54. The van der Waals surface area contributed by atoms with Crippen LogP contribution < -0.4 is 5.32 Å². The second-order valence-corrected chi connectivity index (χ2v) is 7.71. The summed E-state index contributed by atoms with van der Waals surface area (Å²) in [6.45, 7) is 1.76. The van der Waals surface area contributed by atoms with Crippen LogP contribution in [0, 0.1) is 0 Å². The van der Waals surface area contributed by atoms with Crippen LogP contribution in [-0.4, -0.2) is 25.9 Å². The molecule has 0 unspecified atom stereocenters. The molecule has 5 nitrogen and oxygen atoms in total. The third-order valence-electron chi connectivity index (χ3n) is 3.01. The number of carbonyl (C=O) groups is 1. The highest BCUT2D eigenvalue weighted by molar-refractivity contribution is 7.93. The van der Waals surface area contributed by atoms with Crippen molar-refractivity contribution in [3.05, 3.63) is 47.6 Å². The molecule has 1 atom stereocenters. The fourth-order valence-corrected chi connectivity index (χ4v) is 4.72. The van der Waals surface area contributed by atoms with Crippen molar-refractivity contribution in [3.63, 3.8) is 0 Å². The molecule has 0 aliphatic heterocycles. The van der Waals surface area contributed by atoms with Gasteiger partial charge in [0.15, 0.2) is 9.84 Å². The van der Waals surface area contributed by atoms with Crippen LogP contribution in [0.15, 0.2) is 46.2 Å². The van der Waals surface area contributed by atoms with E-state index >= 15 is 0 Å². The van der Waals surface area contributed by atoms with E-state index in [1.807, 2.05) is 0 Å². The van der Waals surface area contributed by atoms with E-state index in [4.69, 9.17) is 0 Å². The first-order valence-corrected chi connectivity index (χ1v) is 8.92. The van der Waals surface area contributed by atoms with E-state index in [9.17, 15) is 13.2 Å². The Kier molecular flexibility index (Phi) is 5.08. The van der Waals surface area contributed by atoms with E-state index in [1.54, 1.807) is 42.8 Å². The van der Waals surface area contributed by atoms with Gasteiger partial charge < -0.3 is 5.32 Å². The van der Waals surface area contributed by atoms with Crippen molar-refractivity contribution in [2.45, 2.75) is 22.8 Å². The lowest BCUT2D eigenvalue weighted by atomic mass is 10.2. The Bertz CT molecular complexity index is 682. The largest absolute Gasteiger partial charge is 0.354 e. The summed E-state index contributed by atoms with van der Waals surface area (Å²) in [7, 11) is -3.55. The van der Waals surface area contributed by atoms with Crippen LogP contribution >= 0.6 is 11.3 Å². The Morgan fingerprint density at radius 3 is 2.76 bits per heavy atom. The second-order valence-electron chi connectivity index (χ2n) is 4.41. The third kappa shape index (κ3) is 3.68. The van der Waals surface area contributed by atoms with E-state index in [0.717, 1.165) is 0 Å². The lowest BCUT2D eigenvalue weighted by molar-refractivity contribution is -0.120. The predicted molar refractivity (Wildman–Crippen MR) is 81.8 cm³/mol. The fraction of sp³-hybridized carbons (Fsp3) is 0.286. The quantitative estimate of drug-likeness (QED) is 0.883. The molecule has 0 aliphatic carbocycles. The van der Waals surface area contributed by atoms with Gasteiger partial charge in [-0.3, -0.25) is 9.78 Å². The van der Waals surface area contributed by atoms with Crippen LogP contribution in [0.5, 0.6) is 0 Å². The minimum atomic E-state index is -3.55. The van der Waals surface area contributed by atoms with Gasteiger partial charge in [0, 0.05) is 25.4 Å². The number of hydrogen-bond donors (Lipinski definition) is 1. The highest BCUT2D eigenvalue weighted by Gasteiger charge is 2.30. The molecule has 0 spiro atoms. The fourth-order valence-electron chi connectivity index (χ4n) is 1.87. The molecule has 7 heteroatoms. The van der Waals surface area contributed by atoms with Crippen LogP contribution in [0.2, 0.25) is 0 Å². The lowest BCUT2D eigenvalue weighted by Crippen LogP contribution is -2.31. The molecule has 0 saturated heterocycles. The molecule has 2 rings (SSSR count). The van der Waals surface area contributed by atoms with Gasteiger partial charge in [0.25, 0.3) is 0 Å². The van der Waals surface area contributed by atoms with Gasteiger partial charge >= 0.3 is 0 Å². The minimum Gasteiger partial charge on any atom is -0.354 e. The van der Waals surface area contributed by atoms with Crippen molar-refractivity contribution in [3.8, 4) is 0 Å². The van der Waals surface area contributed by atoms with E-state index in [1.165, 1.54) is 17.5 Å². The van der Waals surface area contributed by atoms with E-state index in [0.29, 0.717) is 16.2 Å². The lowest BCUT2D eigenvalue weighted by Gasteiger charge is -2.17. The first kappa shape index (κ1) is 15.7. The average Bonchev–Trinajstić information content (AvgIpc) is 3.03. The highest BCUT2D eigenvalue weighted by Crippen LogP contribution is 2.30. The molecule has 1 amide bonds. The molecule has 21 heavy (non-hydrogen) atoms. The van der Waals surface area contributed by atoms with Gasteiger partial charge in [-0.05, 0) is 23.1 Å². The normalized spacial score (nSPS) is 12.8. The molecule has 2 aromatic rings. The summed E-state index contributed by atoms with van der Waals surface area (Å²) in [6.07, 6.45) is 3.43. The van der Waals surface area contributed by atoms with E-state index in [2.05, 4.69) is 10.3 Å². The Hall–Kier alpha value is -1.73. The Morgan fingerprint density at radius 2 is 2.19 bits per heavy atom. The number of pyridine rings is 1. The van der Waals surface area contributed by atoms with Crippen molar-refractivity contribution in [2.24, 2.45) is 0 Å². The van der Waals surface area contributed by atoms with E-state index in [-0.39, 0.29) is 12.5 Å². The summed E-state index contributed by atoms with van der Waals surface area (Å²) >= 11 is 1.17. The molecule has 0 bridgehead atoms. The molecule has 0 aromatic carbocycles. The molecular formula is C14H16N2O3S2. The Balaban J connectivity index is 2.34. The number of hydrogen-bond acceptors (Lipinski definition) is 5. The van der Waals surface area contributed by atoms with Crippen LogP contribution in [0.3, 0.4) is 0 Å². The number of nitrogens with zero attached hydrogens (tertiary/aromatic N) is 1. The van der Waals surface area contributed by atoms with Crippen molar-refractivity contribution < 1.29 is 13.2 Å². The zero-order valence-electron chi connectivity index (χ0n) is 11.5. The molecule has 0 radical (unpaired) electrons. The zero-order valence-corrected chi connectivity index (χ0v) is 13.2. The Labute approximate surface area is 128 Å². The monoisotopic (exact) mass is 324 g/mol. The van der Waals surface area contributed by atoms with Crippen molar-refractivity contribution in [1.29, 1.82) is 0 Å². The maximum absolute atomic E-state index is 12.7. The standard InChI is InChI=1S/C14H16N2O3S2/c1-2-13(17)16-10-12(11-5-3-7-15-9-11)21(18,19)14-6-4-8-20-14/h3-9,12H,2,10H2,1H3,(H,16,17)/t12-/m1/s1. The zero-order chi connectivity index (χ0) is 15.3. The predicted octanol–water partition coefficient (Wildman–Crippen LogP) is 2.18. The maximum Gasteiger partial charge on any atom is 0.219 e. The topological polar surface area (TPSA) is 76.1 Å². The molecular weight excluding hydrogens is 308 g/mol. The summed E-state index contributed by atoms with van der Waals surface area (Å²) in [5.74, 6) is -0.176. The van der Waals surface area contributed by atoms with Gasteiger partial charge in [-0.15, -0.1) is 11.3 Å². The summed E-state index contributed by atoms with van der Waals surface area (Å²) < 4.78 is 25.7. The SMILES string of the molecule is CCC(=O)NC[C@H](c1cccnc1)S(=O)(=O)c1cccs1.